The van der Waals surface area contributed by atoms with Gasteiger partial charge in [0.15, 0.2) is 5.65 Å². The van der Waals surface area contributed by atoms with Crippen molar-refractivity contribution in [2.24, 2.45) is 0 Å². The molecule has 0 aliphatic carbocycles. The van der Waals surface area contributed by atoms with Gasteiger partial charge in [-0.25, -0.2) is 4.98 Å². The molecule has 2 aromatic heterocycles. The molecule has 0 bridgehead atoms. The number of piperazine rings is 1. The summed E-state index contributed by atoms with van der Waals surface area (Å²) in [5.41, 5.74) is 7.80. The minimum atomic E-state index is 0.629. The molecule has 0 saturated carbocycles. The Balaban J connectivity index is 1.47. The maximum atomic E-state index is 10.2. The van der Waals surface area contributed by atoms with Crippen LogP contribution in [0.5, 0.6) is 0 Å². The molecule has 0 atom stereocenters. The first-order valence-corrected chi connectivity index (χ1v) is 13.1. The standard InChI is InChI=1S/C31H28ClN5/c1-22-25(19-24-11-5-6-12-27(24)32)31(36-17-15-35(16-18-36)21-23-9-3-2-4-10-23)37-29-14-8-7-13-28(29)34-30(37)26(22)20-33/h2-14H,15-19,21H2,1H3. The number of hydrogen-bond acceptors (Lipinski definition) is 4. The number of hydrogen-bond donors (Lipinski definition) is 0. The van der Waals surface area contributed by atoms with Crippen molar-refractivity contribution in [2.75, 3.05) is 31.1 Å². The fourth-order valence-electron chi connectivity index (χ4n) is 5.50. The molecule has 0 unspecified atom stereocenters. The largest absolute Gasteiger partial charge is 0.355 e. The molecule has 37 heavy (non-hydrogen) atoms. The zero-order valence-corrected chi connectivity index (χ0v) is 21.6. The molecule has 3 heterocycles. The van der Waals surface area contributed by atoms with E-state index in [1.165, 1.54) is 5.56 Å². The molecule has 5 aromatic rings. The van der Waals surface area contributed by atoms with Crippen LogP contribution in [0.3, 0.4) is 0 Å². The lowest BCUT2D eigenvalue weighted by Gasteiger charge is -2.38. The molecule has 1 aliphatic rings. The van der Waals surface area contributed by atoms with E-state index in [0.717, 1.165) is 76.9 Å². The van der Waals surface area contributed by atoms with Gasteiger partial charge in [0.05, 0.1) is 16.6 Å². The zero-order chi connectivity index (χ0) is 25.4. The van der Waals surface area contributed by atoms with E-state index in [-0.39, 0.29) is 0 Å². The number of aromatic nitrogens is 2. The van der Waals surface area contributed by atoms with Crippen LogP contribution in [0.4, 0.5) is 5.82 Å². The van der Waals surface area contributed by atoms with E-state index in [9.17, 15) is 5.26 Å². The molecule has 6 rings (SSSR count). The maximum Gasteiger partial charge on any atom is 0.157 e. The van der Waals surface area contributed by atoms with Gasteiger partial charge in [-0.2, -0.15) is 5.26 Å². The summed E-state index contributed by atoms with van der Waals surface area (Å²) in [5, 5.41) is 11.0. The Kier molecular flexibility index (Phi) is 6.30. The second-order valence-corrected chi connectivity index (χ2v) is 10.1. The summed E-state index contributed by atoms with van der Waals surface area (Å²) in [5.74, 6) is 1.12. The monoisotopic (exact) mass is 505 g/mol. The lowest BCUT2D eigenvalue weighted by atomic mass is 9.97. The summed E-state index contributed by atoms with van der Waals surface area (Å²) in [4.78, 5) is 9.90. The molecule has 3 aromatic carbocycles. The third-order valence-electron chi connectivity index (χ3n) is 7.45. The SMILES string of the molecule is Cc1c(Cc2ccccc2Cl)c(N2CCN(Cc3ccccc3)CC2)n2c(nc3ccccc32)c1C#N. The molecule has 1 fully saturated rings. The number of para-hydroxylation sites is 2. The van der Waals surface area contributed by atoms with Gasteiger partial charge in [-0.3, -0.25) is 9.30 Å². The Hall–Kier alpha value is -3.85. The van der Waals surface area contributed by atoms with Crippen molar-refractivity contribution in [1.82, 2.24) is 14.3 Å². The van der Waals surface area contributed by atoms with E-state index in [1.54, 1.807) is 0 Å². The number of fused-ring (bicyclic) bond motifs is 3. The molecule has 0 spiro atoms. The first kappa shape index (κ1) is 23.5. The van der Waals surface area contributed by atoms with E-state index < -0.39 is 0 Å². The topological polar surface area (TPSA) is 47.6 Å². The Labute approximate surface area is 222 Å². The first-order chi connectivity index (χ1) is 18.1. The summed E-state index contributed by atoms with van der Waals surface area (Å²) in [6.07, 6.45) is 0.655. The van der Waals surface area contributed by atoms with E-state index in [4.69, 9.17) is 16.6 Å². The predicted molar refractivity (Wildman–Crippen MR) is 150 cm³/mol. The second kappa shape index (κ2) is 9.89. The fourth-order valence-corrected chi connectivity index (χ4v) is 5.70. The summed E-state index contributed by atoms with van der Waals surface area (Å²) in [7, 11) is 0. The van der Waals surface area contributed by atoms with Crippen molar-refractivity contribution < 1.29 is 0 Å². The van der Waals surface area contributed by atoms with Crippen LogP contribution in [0.2, 0.25) is 5.02 Å². The van der Waals surface area contributed by atoms with Crippen molar-refractivity contribution >= 4 is 34.1 Å². The number of imidazole rings is 1. The molecule has 5 nitrogen and oxygen atoms in total. The molecule has 184 valence electrons. The highest BCUT2D eigenvalue weighted by Gasteiger charge is 2.27. The van der Waals surface area contributed by atoms with Crippen LogP contribution in [-0.2, 0) is 13.0 Å². The zero-order valence-electron chi connectivity index (χ0n) is 20.9. The number of nitriles is 1. The number of rotatable bonds is 5. The van der Waals surface area contributed by atoms with E-state index >= 15 is 0 Å². The number of halogens is 1. The van der Waals surface area contributed by atoms with Gasteiger partial charge in [0.2, 0.25) is 0 Å². The quantitative estimate of drug-likeness (QED) is 0.284. The molecule has 0 amide bonds. The molecule has 0 N–H and O–H groups in total. The number of anilines is 1. The molecular formula is C31H28ClN5. The molecule has 1 aliphatic heterocycles. The third-order valence-corrected chi connectivity index (χ3v) is 7.82. The van der Waals surface area contributed by atoms with Crippen molar-refractivity contribution in [3.05, 3.63) is 112 Å². The average molecular weight is 506 g/mol. The Bertz CT molecular complexity index is 1630. The Morgan fingerprint density at radius 1 is 0.892 bits per heavy atom. The van der Waals surface area contributed by atoms with Gasteiger partial charge in [0, 0.05) is 49.7 Å². The number of pyridine rings is 1. The van der Waals surface area contributed by atoms with Crippen LogP contribution in [0.1, 0.15) is 27.8 Å². The maximum absolute atomic E-state index is 10.2. The fraction of sp³-hybridized carbons (Fsp3) is 0.226. The molecule has 0 radical (unpaired) electrons. The third kappa shape index (κ3) is 4.33. The second-order valence-electron chi connectivity index (χ2n) is 9.69. The first-order valence-electron chi connectivity index (χ1n) is 12.7. The molecular weight excluding hydrogens is 478 g/mol. The highest BCUT2D eigenvalue weighted by atomic mass is 35.5. The molecule has 6 heteroatoms. The Morgan fingerprint density at radius 2 is 1.59 bits per heavy atom. The van der Waals surface area contributed by atoms with Gasteiger partial charge in [-0.15, -0.1) is 0 Å². The van der Waals surface area contributed by atoms with Crippen LogP contribution < -0.4 is 4.90 Å². The van der Waals surface area contributed by atoms with Crippen LogP contribution in [0, 0.1) is 18.3 Å². The van der Waals surface area contributed by atoms with E-state index in [2.05, 4.69) is 69.7 Å². The van der Waals surface area contributed by atoms with Crippen molar-refractivity contribution in [3.63, 3.8) is 0 Å². The van der Waals surface area contributed by atoms with Crippen molar-refractivity contribution in [3.8, 4) is 6.07 Å². The van der Waals surface area contributed by atoms with Crippen LogP contribution in [-0.4, -0.2) is 40.5 Å². The summed E-state index contributed by atoms with van der Waals surface area (Å²) < 4.78 is 2.21. The van der Waals surface area contributed by atoms with Crippen LogP contribution >= 0.6 is 11.6 Å². The van der Waals surface area contributed by atoms with Gasteiger partial charge >= 0.3 is 0 Å². The average Bonchev–Trinajstić information content (AvgIpc) is 3.30. The minimum Gasteiger partial charge on any atom is -0.355 e. The normalized spacial score (nSPS) is 14.4. The van der Waals surface area contributed by atoms with E-state index in [1.807, 2.05) is 36.4 Å². The highest BCUT2D eigenvalue weighted by molar-refractivity contribution is 6.31. The van der Waals surface area contributed by atoms with Crippen molar-refractivity contribution in [2.45, 2.75) is 19.9 Å². The summed E-state index contributed by atoms with van der Waals surface area (Å²) >= 11 is 6.62. The van der Waals surface area contributed by atoms with Gasteiger partial charge in [-0.1, -0.05) is 72.3 Å². The summed E-state index contributed by atoms with van der Waals surface area (Å²) in [6.45, 7) is 6.74. The predicted octanol–water partition coefficient (Wildman–Crippen LogP) is 6.23. The highest BCUT2D eigenvalue weighted by Crippen LogP contribution is 2.36. The van der Waals surface area contributed by atoms with E-state index in [0.29, 0.717) is 12.0 Å². The molecule has 1 saturated heterocycles. The van der Waals surface area contributed by atoms with Gasteiger partial charge in [0.25, 0.3) is 0 Å². The van der Waals surface area contributed by atoms with Gasteiger partial charge < -0.3 is 4.90 Å². The number of benzene rings is 3. The lowest BCUT2D eigenvalue weighted by Crippen LogP contribution is -2.47. The summed E-state index contributed by atoms with van der Waals surface area (Å²) in [6, 6.07) is 29.3. The number of nitrogens with zero attached hydrogens (tertiary/aromatic N) is 5. The smallest absolute Gasteiger partial charge is 0.157 e. The lowest BCUT2D eigenvalue weighted by molar-refractivity contribution is 0.249. The Morgan fingerprint density at radius 3 is 2.35 bits per heavy atom. The van der Waals surface area contributed by atoms with Gasteiger partial charge in [0.1, 0.15) is 11.9 Å². The minimum absolute atomic E-state index is 0.629. The van der Waals surface area contributed by atoms with Crippen LogP contribution in [0.25, 0.3) is 16.7 Å². The van der Waals surface area contributed by atoms with Crippen molar-refractivity contribution in [1.29, 1.82) is 5.26 Å². The van der Waals surface area contributed by atoms with Gasteiger partial charge in [-0.05, 0) is 41.8 Å². The van der Waals surface area contributed by atoms with Crippen LogP contribution in [0.15, 0.2) is 78.9 Å².